The molecule has 0 saturated heterocycles. The number of hydrogen-bond donors (Lipinski definition) is 1. The van der Waals surface area contributed by atoms with Gasteiger partial charge in [-0.3, -0.25) is 0 Å². The van der Waals surface area contributed by atoms with Gasteiger partial charge in [0.25, 0.3) is 6.43 Å². The highest BCUT2D eigenvalue weighted by Crippen LogP contribution is 2.29. The minimum Gasteiger partial charge on any atom is -0.382 e. The molecule has 0 fully saturated rings. The van der Waals surface area contributed by atoms with Crippen LogP contribution in [0.25, 0.3) is 11.0 Å². The summed E-state index contributed by atoms with van der Waals surface area (Å²) < 4.78 is 25.2. The van der Waals surface area contributed by atoms with Crippen LogP contribution in [0, 0.1) is 0 Å². The average molecular weight is 231 g/mol. The van der Waals surface area contributed by atoms with Crippen LogP contribution in [-0.2, 0) is 0 Å². The predicted octanol–water partition coefficient (Wildman–Crippen LogP) is 2.20. The first kappa shape index (κ1) is 9.97. The van der Waals surface area contributed by atoms with Crippen LogP contribution in [0.5, 0.6) is 0 Å². The molecule has 0 atom stereocenters. The zero-order valence-electron chi connectivity index (χ0n) is 7.28. The number of nitrogen functional groups attached to an aromatic ring is 1. The van der Waals surface area contributed by atoms with Crippen molar-refractivity contribution < 1.29 is 8.78 Å². The Kier molecular flexibility index (Phi) is 2.36. The second-order valence-corrected chi connectivity index (χ2v) is 3.18. The minimum atomic E-state index is -2.68. The Bertz CT molecular complexity index is 517. The molecule has 0 saturated carbocycles. The van der Waals surface area contributed by atoms with Gasteiger partial charge in [0.1, 0.15) is 22.5 Å². The van der Waals surface area contributed by atoms with Gasteiger partial charge in [0.2, 0.25) is 0 Å². The number of nitrogens with zero attached hydrogens (tertiary/aromatic N) is 3. The fraction of sp³-hybridized carbons (Fsp3) is 0.125. The molecule has 7 heteroatoms. The molecule has 0 aliphatic rings. The summed E-state index contributed by atoms with van der Waals surface area (Å²) in [5, 5.41) is -0.0562. The Balaban J connectivity index is 2.86. The number of fused-ring (bicyclic) bond motifs is 1. The number of hydrogen-bond acceptors (Lipinski definition) is 4. The highest BCUT2D eigenvalue weighted by molar-refractivity contribution is 6.30. The monoisotopic (exact) mass is 230 g/mol. The van der Waals surface area contributed by atoms with E-state index in [1.54, 1.807) is 0 Å². The lowest BCUT2D eigenvalue weighted by Crippen LogP contribution is -1.99. The fourth-order valence-electron chi connectivity index (χ4n) is 1.22. The predicted molar refractivity (Wildman–Crippen MR) is 51.7 cm³/mol. The van der Waals surface area contributed by atoms with Crippen LogP contribution in [0.3, 0.4) is 0 Å². The molecule has 0 aromatic carbocycles. The van der Waals surface area contributed by atoms with Crippen molar-refractivity contribution in [2.24, 2.45) is 0 Å². The van der Waals surface area contributed by atoms with Crippen LogP contribution in [0.2, 0.25) is 5.15 Å². The Morgan fingerprint density at radius 1 is 1.27 bits per heavy atom. The van der Waals surface area contributed by atoms with Crippen molar-refractivity contribution in [1.29, 1.82) is 0 Å². The highest BCUT2D eigenvalue weighted by atomic mass is 35.5. The van der Waals surface area contributed by atoms with Gasteiger partial charge < -0.3 is 5.73 Å². The van der Waals surface area contributed by atoms with Gasteiger partial charge in [-0.2, -0.15) is 0 Å². The number of alkyl halides is 2. The van der Waals surface area contributed by atoms with Crippen molar-refractivity contribution in [2.45, 2.75) is 6.43 Å². The molecule has 0 radical (unpaired) electrons. The fourth-order valence-corrected chi connectivity index (χ4v) is 1.42. The molecule has 4 nitrogen and oxygen atoms in total. The van der Waals surface area contributed by atoms with Gasteiger partial charge in [0.05, 0.1) is 0 Å². The van der Waals surface area contributed by atoms with Gasteiger partial charge in [0.15, 0.2) is 5.82 Å². The Morgan fingerprint density at radius 3 is 2.67 bits per heavy atom. The number of rotatable bonds is 1. The molecular weight excluding hydrogens is 226 g/mol. The molecule has 2 N–H and O–H groups in total. The zero-order valence-corrected chi connectivity index (χ0v) is 8.04. The number of halogens is 3. The normalized spacial score (nSPS) is 11.2. The quantitative estimate of drug-likeness (QED) is 0.763. The van der Waals surface area contributed by atoms with Crippen LogP contribution < -0.4 is 5.73 Å². The minimum absolute atomic E-state index is 0.0295. The Hall–Kier alpha value is -1.56. The third-order valence-corrected chi connectivity index (χ3v) is 2.05. The number of nitrogens with two attached hydrogens (primary N) is 1. The summed E-state index contributed by atoms with van der Waals surface area (Å²) in [6.45, 7) is 0. The number of anilines is 1. The second kappa shape index (κ2) is 3.54. The molecule has 0 bridgehead atoms. The van der Waals surface area contributed by atoms with Crippen molar-refractivity contribution in [3.8, 4) is 0 Å². The van der Waals surface area contributed by atoms with E-state index in [0.29, 0.717) is 0 Å². The molecule has 0 unspecified atom stereocenters. The summed E-state index contributed by atoms with van der Waals surface area (Å²) in [5.41, 5.74) is 5.31. The lowest BCUT2D eigenvalue weighted by molar-refractivity contribution is 0.153. The Labute approximate surface area is 88.1 Å². The first-order chi connectivity index (χ1) is 7.09. The SMILES string of the molecule is Nc1ncnc2c(C(F)F)cc(Cl)nc12. The van der Waals surface area contributed by atoms with Crippen molar-refractivity contribution in [3.05, 3.63) is 23.1 Å². The maximum atomic E-state index is 12.6. The smallest absolute Gasteiger partial charge is 0.266 e. The topological polar surface area (TPSA) is 64.7 Å². The largest absolute Gasteiger partial charge is 0.382 e. The van der Waals surface area contributed by atoms with Crippen molar-refractivity contribution in [3.63, 3.8) is 0 Å². The summed E-state index contributed by atoms with van der Waals surface area (Å²) in [7, 11) is 0. The molecule has 2 aromatic heterocycles. The summed E-state index contributed by atoms with van der Waals surface area (Å²) in [6.07, 6.45) is -1.57. The van der Waals surface area contributed by atoms with Crippen molar-refractivity contribution in [2.75, 3.05) is 5.73 Å². The van der Waals surface area contributed by atoms with Gasteiger partial charge in [-0.25, -0.2) is 23.7 Å². The van der Waals surface area contributed by atoms with E-state index in [-0.39, 0.29) is 27.6 Å². The summed E-state index contributed by atoms with van der Waals surface area (Å²) in [5.74, 6) is 0.0319. The third kappa shape index (κ3) is 1.68. The molecule has 0 aliphatic carbocycles. The first-order valence-electron chi connectivity index (χ1n) is 3.94. The van der Waals surface area contributed by atoms with Crippen LogP contribution in [0.4, 0.5) is 14.6 Å². The van der Waals surface area contributed by atoms with Gasteiger partial charge in [-0.15, -0.1) is 0 Å². The van der Waals surface area contributed by atoms with Gasteiger partial charge in [-0.05, 0) is 6.07 Å². The highest BCUT2D eigenvalue weighted by Gasteiger charge is 2.16. The van der Waals surface area contributed by atoms with E-state index < -0.39 is 6.43 Å². The van der Waals surface area contributed by atoms with E-state index in [1.165, 1.54) is 0 Å². The molecule has 0 spiro atoms. The molecule has 2 heterocycles. The van der Waals surface area contributed by atoms with Gasteiger partial charge in [0, 0.05) is 5.56 Å². The van der Waals surface area contributed by atoms with E-state index in [4.69, 9.17) is 17.3 Å². The van der Waals surface area contributed by atoms with E-state index in [0.717, 1.165) is 12.4 Å². The van der Waals surface area contributed by atoms with E-state index in [2.05, 4.69) is 15.0 Å². The molecule has 2 rings (SSSR count). The average Bonchev–Trinajstić information content (AvgIpc) is 2.18. The van der Waals surface area contributed by atoms with Crippen LogP contribution in [-0.4, -0.2) is 15.0 Å². The summed E-state index contributed by atoms with van der Waals surface area (Å²) >= 11 is 5.58. The summed E-state index contributed by atoms with van der Waals surface area (Å²) in [4.78, 5) is 11.2. The number of aromatic nitrogens is 3. The van der Waals surface area contributed by atoms with Crippen molar-refractivity contribution in [1.82, 2.24) is 15.0 Å². The zero-order chi connectivity index (χ0) is 11.0. The molecule has 15 heavy (non-hydrogen) atoms. The van der Waals surface area contributed by atoms with Gasteiger partial charge in [-0.1, -0.05) is 11.6 Å². The lowest BCUT2D eigenvalue weighted by Gasteiger charge is -2.05. The molecule has 2 aromatic rings. The second-order valence-electron chi connectivity index (χ2n) is 2.79. The molecular formula is C8H5ClF2N4. The maximum absolute atomic E-state index is 12.6. The third-order valence-electron chi connectivity index (χ3n) is 1.85. The van der Waals surface area contributed by atoms with Crippen LogP contribution in [0.1, 0.15) is 12.0 Å². The van der Waals surface area contributed by atoms with Gasteiger partial charge >= 0.3 is 0 Å². The van der Waals surface area contributed by atoms with E-state index in [1.807, 2.05) is 0 Å². The van der Waals surface area contributed by atoms with E-state index >= 15 is 0 Å². The summed E-state index contributed by atoms with van der Waals surface area (Å²) in [6, 6.07) is 1.07. The van der Waals surface area contributed by atoms with E-state index in [9.17, 15) is 8.78 Å². The lowest BCUT2D eigenvalue weighted by atomic mass is 10.2. The molecule has 0 amide bonds. The Morgan fingerprint density at radius 2 is 2.00 bits per heavy atom. The number of pyridine rings is 1. The van der Waals surface area contributed by atoms with Crippen LogP contribution in [0.15, 0.2) is 12.4 Å². The molecule has 78 valence electrons. The first-order valence-corrected chi connectivity index (χ1v) is 4.32. The maximum Gasteiger partial charge on any atom is 0.266 e. The molecule has 0 aliphatic heterocycles. The van der Waals surface area contributed by atoms with Crippen LogP contribution >= 0.6 is 11.6 Å². The van der Waals surface area contributed by atoms with Crippen molar-refractivity contribution >= 4 is 28.5 Å². The standard InChI is InChI=1S/C8H5ClF2N4/c9-4-1-3(7(10)11)5-6(15-4)8(12)14-2-13-5/h1-2,7H,(H2,12,13,14).